The van der Waals surface area contributed by atoms with Crippen molar-refractivity contribution in [3.05, 3.63) is 35.4 Å². The van der Waals surface area contributed by atoms with Gasteiger partial charge in [0.25, 0.3) is 0 Å². The van der Waals surface area contributed by atoms with Crippen LogP contribution in [0, 0.1) is 0 Å². The number of fused-ring (bicyclic) bond motifs is 2. The summed E-state index contributed by atoms with van der Waals surface area (Å²) < 4.78 is 13.2. The van der Waals surface area contributed by atoms with Gasteiger partial charge in [-0.2, -0.15) is 0 Å². The molecule has 0 amide bonds. The number of ether oxygens (including phenoxy) is 2. The Morgan fingerprint density at radius 3 is 2.95 bits per heavy atom. The summed E-state index contributed by atoms with van der Waals surface area (Å²) in [6.45, 7) is 6.53. The Kier molecular flexibility index (Phi) is 2.89. The maximum absolute atomic E-state index is 5.51. The number of nitrogens with zero attached hydrogens (tertiary/aromatic N) is 2. The van der Waals surface area contributed by atoms with E-state index in [1.165, 1.54) is 11.4 Å². The lowest BCUT2D eigenvalue weighted by atomic mass is 10.1. The molecule has 0 fully saturated rings. The SMILES string of the molecule is CC(C)c1nc2c(n1-c1ccc3c(c1)OCO3)CCNC2. The van der Waals surface area contributed by atoms with Crippen LogP contribution < -0.4 is 14.8 Å². The Balaban J connectivity index is 1.88. The lowest BCUT2D eigenvalue weighted by Crippen LogP contribution is -2.24. The first-order chi connectivity index (χ1) is 10.2. The zero-order valence-electron chi connectivity index (χ0n) is 12.3. The molecule has 2 aromatic rings. The van der Waals surface area contributed by atoms with Gasteiger partial charge in [-0.15, -0.1) is 0 Å². The van der Waals surface area contributed by atoms with E-state index in [9.17, 15) is 0 Å². The lowest BCUT2D eigenvalue weighted by molar-refractivity contribution is 0.174. The van der Waals surface area contributed by atoms with Crippen LogP contribution in [-0.4, -0.2) is 22.9 Å². The number of nitrogens with one attached hydrogen (secondary N) is 1. The number of hydrogen-bond donors (Lipinski definition) is 1. The highest BCUT2D eigenvalue weighted by Gasteiger charge is 2.23. The number of hydrogen-bond acceptors (Lipinski definition) is 4. The first-order valence-corrected chi connectivity index (χ1v) is 7.45. The van der Waals surface area contributed by atoms with Crippen molar-refractivity contribution in [1.82, 2.24) is 14.9 Å². The van der Waals surface area contributed by atoms with Gasteiger partial charge in [-0.25, -0.2) is 4.98 Å². The molecule has 3 heterocycles. The third-order valence-electron chi connectivity index (χ3n) is 4.04. The van der Waals surface area contributed by atoms with Crippen molar-refractivity contribution >= 4 is 0 Å². The summed E-state index contributed by atoms with van der Waals surface area (Å²) in [4.78, 5) is 4.85. The Labute approximate surface area is 123 Å². The summed E-state index contributed by atoms with van der Waals surface area (Å²) in [5, 5.41) is 3.39. The quantitative estimate of drug-likeness (QED) is 0.920. The summed E-state index contributed by atoms with van der Waals surface area (Å²) in [5.74, 6) is 3.13. The van der Waals surface area contributed by atoms with E-state index in [0.29, 0.717) is 12.7 Å². The van der Waals surface area contributed by atoms with E-state index in [2.05, 4.69) is 35.9 Å². The fourth-order valence-corrected chi connectivity index (χ4v) is 3.03. The summed E-state index contributed by atoms with van der Waals surface area (Å²) in [6.07, 6.45) is 1.00. The standard InChI is InChI=1S/C16H19N3O2/c1-10(2)16-18-12-8-17-6-5-13(12)19(16)11-3-4-14-15(7-11)21-9-20-14/h3-4,7,10,17H,5-6,8-9H2,1-2H3. The van der Waals surface area contributed by atoms with E-state index < -0.39 is 0 Å². The monoisotopic (exact) mass is 285 g/mol. The molecule has 0 bridgehead atoms. The van der Waals surface area contributed by atoms with Crippen LogP contribution in [-0.2, 0) is 13.0 Å². The molecule has 5 heteroatoms. The molecule has 21 heavy (non-hydrogen) atoms. The Hall–Kier alpha value is -2.01. The molecule has 0 aliphatic carbocycles. The number of imidazole rings is 1. The Bertz CT molecular complexity index is 691. The topological polar surface area (TPSA) is 48.3 Å². The van der Waals surface area contributed by atoms with E-state index in [0.717, 1.165) is 42.5 Å². The fourth-order valence-electron chi connectivity index (χ4n) is 3.03. The summed E-state index contributed by atoms with van der Waals surface area (Å²) in [7, 11) is 0. The first-order valence-electron chi connectivity index (χ1n) is 7.45. The molecule has 1 N–H and O–H groups in total. The predicted octanol–water partition coefficient (Wildman–Crippen LogP) is 2.37. The van der Waals surface area contributed by atoms with E-state index in [-0.39, 0.29) is 0 Å². The van der Waals surface area contributed by atoms with Gasteiger partial charge in [0.2, 0.25) is 6.79 Å². The normalized spacial score (nSPS) is 16.3. The third-order valence-corrected chi connectivity index (χ3v) is 4.04. The minimum Gasteiger partial charge on any atom is -0.454 e. The van der Waals surface area contributed by atoms with E-state index in [1.54, 1.807) is 0 Å². The van der Waals surface area contributed by atoms with Crippen LogP contribution in [0.5, 0.6) is 11.5 Å². The van der Waals surface area contributed by atoms with Crippen molar-refractivity contribution in [1.29, 1.82) is 0 Å². The molecule has 1 aromatic heterocycles. The van der Waals surface area contributed by atoms with Gasteiger partial charge >= 0.3 is 0 Å². The fraction of sp³-hybridized carbons (Fsp3) is 0.438. The molecular weight excluding hydrogens is 266 g/mol. The second-order valence-corrected chi connectivity index (χ2v) is 5.82. The van der Waals surface area contributed by atoms with Crippen molar-refractivity contribution in [2.75, 3.05) is 13.3 Å². The van der Waals surface area contributed by atoms with Crippen molar-refractivity contribution in [3.63, 3.8) is 0 Å². The zero-order chi connectivity index (χ0) is 14.4. The molecule has 4 rings (SSSR count). The zero-order valence-corrected chi connectivity index (χ0v) is 12.3. The van der Waals surface area contributed by atoms with Crippen molar-refractivity contribution in [2.45, 2.75) is 32.7 Å². The van der Waals surface area contributed by atoms with Gasteiger partial charge < -0.3 is 14.8 Å². The smallest absolute Gasteiger partial charge is 0.231 e. The van der Waals surface area contributed by atoms with E-state index in [1.807, 2.05) is 6.07 Å². The molecule has 2 aliphatic heterocycles. The number of benzene rings is 1. The maximum atomic E-state index is 5.51. The molecule has 0 radical (unpaired) electrons. The highest BCUT2D eigenvalue weighted by molar-refractivity contribution is 5.51. The molecule has 1 aromatic carbocycles. The molecule has 0 saturated heterocycles. The highest BCUT2D eigenvalue weighted by atomic mass is 16.7. The summed E-state index contributed by atoms with van der Waals surface area (Å²) in [6, 6.07) is 6.12. The maximum Gasteiger partial charge on any atom is 0.231 e. The molecule has 0 spiro atoms. The minimum absolute atomic E-state index is 0.307. The van der Waals surface area contributed by atoms with Gasteiger partial charge in [0.05, 0.1) is 11.4 Å². The molecule has 2 aliphatic rings. The van der Waals surface area contributed by atoms with E-state index >= 15 is 0 Å². The lowest BCUT2D eigenvalue weighted by Gasteiger charge is -2.17. The van der Waals surface area contributed by atoms with Gasteiger partial charge in [-0.3, -0.25) is 4.57 Å². The highest BCUT2D eigenvalue weighted by Crippen LogP contribution is 2.35. The Morgan fingerprint density at radius 1 is 1.24 bits per heavy atom. The van der Waals surface area contributed by atoms with Crippen LogP contribution in [0.1, 0.15) is 37.0 Å². The van der Waals surface area contributed by atoms with Crippen molar-refractivity contribution in [3.8, 4) is 17.2 Å². The van der Waals surface area contributed by atoms with Gasteiger partial charge in [0.1, 0.15) is 5.82 Å². The molecule has 5 nitrogen and oxygen atoms in total. The van der Waals surface area contributed by atoms with Crippen LogP contribution in [0.25, 0.3) is 5.69 Å². The predicted molar refractivity (Wildman–Crippen MR) is 79.2 cm³/mol. The number of aromatic nitrogens is 2. The van der Waals surface area contributed by atoms with Crippen LogP contribution in [0.3, 0.4) is 0 Å². The van der Waals surface area contributed by atoms with Crippen molar-refractivity contribution in [2.24, 2.45) is 0 Å². The molecule has 0 unspecified atom stereocenters. The number of rotatable bonds is 2. The first kappa shape index (κ1) is 12.7. The molecule has 0 saturated carbocycles. The van der Waals surface area contributed by atoms with Crippen molar-refractivity contribution < 1.29 is 9.47 Å². The van der Waals surface area contributed by atoms with Crippen LogP contribution in [0.15, 0.2) is 18.2 Å². The van der Waals surface area contributed by atoms with Crippen LogP contribution in [0.2, 0.25) is 0 Å². The second-order valence-electron chi connectivity index (χ2n) is 5.82. The van der Waals surface area contributed by atoms with Gasteiger partial charge in [-0.1, -0.05) is 13.8 Å². The molecule has 0 atom stereocenters. The average molecular weight is 285 g/mol. The van der Waals surface area contributed by atoms with E-state index in [4.69, 9.17) is 14.5 Å². The average Bonchev–Trinajstić information content (AvgIpc) is 3.10. The van der Waals surface area contributed by atoms with Crippen LogP contribution in [0.4, 0.5) is 0 Å². The summed E-state index contributed by atoms with van der Waals surface area (Å²) in [5.41, 5.74) is 3.59. The molecule has 110 valence electrons. The van der Waals surface area contributed by atoms with Crippen LogP contribution >= 0.6 is 0 Å². The second kappa shape index (κ2) is 4.77. The van der Waals surface area contributed by atoms with Gasteiger partial charge in [0, 0.05) is 37.2 Å². The minimum atomic E-state index is 0.307. The molecular formula is C16H19N3O2. The van der Waals surface area contributed by atoms with Gasteiger partial charge in [-0.05, 0) is 12.1 Å². The Morgan fingerprint density at radius 2 is 2.10 bits per heavy atom. The largest absolute Gasteiger partial charge is 0.454 e. The van der Waals surface area contributed by atoms with Gasteiger partial charge in [0.15, 0.2) is 11.5 Å². The third kappa shape index (κ3) is 2.00. The summed E-state index contributed by atoms with van der Waals surface area (Å²) >= 11 is 0.